The number of anilines is 1. The second-order valence-corrected chi connectivity index (χ2v) is 12.2. The number of methoxy groups -OCH3 is 1. The number of hydrogen-bond acceptors (Lipinski definition) is 6. The van der Waals surface area contributed by atoms with Gasteiger partial charge in [0, 0.05) is 12.6 Å². The Labute approximate surface area is 255 Å². The predicted octanol–water partition coefficient (Wildman–Crippen LogP) is 5.32. The SMILES string of the molecule is CCOc1ccc(N(CC(=O)N(Cc2cccc(OC)c2)C(CC)C(=O)NC(C)CC)S(=O)(=O)c2ccc(C)cc2)cc1. The molecular formula is C33H43N3O6S. The highest BCUT2D eigenvalue weighted by atomic mass is 32.2. The van der Waals surface area contributed by atoms with Gasteiger partial charge in [-0.05, 0) is 87.7 Å². The normalized spacial score (nSPS) is 12.6. The van der Waals surface area contributed by atoms with Gasteiger partial charge in [0.15, 0.2) is 0 Å². The first-order valence-corrected chi connectivity index (χ1v) is 16.0. The Hall–Kier alpha value is -4.05. The van der Waals surface area contributed by atoms with Crippen molar-refractivity contribution in [1.82, 2.24) is 10.2 Å². The number of benzene rings is 3. The molecule has 0 aliphatic heterocycles. The Morgan fingerprint density at radius 2 is 1.58 bits per heavy atom. The van der Waals surface area contributed by atoms with E-state index < -0.39 is 28.5 Å². The lowest BCUT2D eigenvalue weighted by Crippen LogP contribution is -2.53. The zero-order valence-corrected chi connectivity index (χ0v) is 26.7. The van der Waals surface area contributed by atoms with Crippen molar-refractivity contribution in [2.45, 2.75) is 71.0 Å². The smallest absolute Gasteiger partial charge is 0.264 e. The summed E-state index contributed by atoms with van der Waals surface area (Å²) in [5.41, 5.74) is 1.96. The van der Waals surface area contributed by atoms with Crippen LogP contribution in [0, 0.1) is 6.92 Å². The standard InChI is InChI=1S/C33H43N3O6S/c1-7-25(5)34-33(38)31(8-2)35(22-26-11-10-12-29(21-26)41-6)32(37)23-36(27-15-17-28(18-16-27)42-9-3)43(39,40)30-19-13-24(4)14-20-30/h10-21,25,31H,7-9,22-23H2,1-6H3,(H,34,38). The van der Waals surface area contributed by atoms with Gasteiger partial charge in [0.2, 0.25) is 11.8 Å². The molecule has 3 rings (SSSR count). The Morgan fingerprint density at radius 3 is 2.16 bits per heavy atom. The number of carbonyl (C=O) groups excluding carboxylic acids is 2. The number of amides is 2. The van der Waals surface area contributed by atoms with Crippen molar-refractivity contribution in [3.8, 4) is 11.5 Å². The van der Waals surface area contributed by atoms with Gasteiger partial charge in [-0.2, -0.15) is 0 Å². The van der Waals surface area contributed by atoms with E-state index in [1.807, 2.05) is 46.8 Å². The van der Waals surface area contributed by atoms with Crippen LogP contribution in [0.25, 0.3) is 0 Å². The van der Waals surface area contributed by atoms with E-state index in [0.717, 1.165) is 21.9 Å². The van der Waals surface area contributed by atoms with E-state index in [1.165, 1.54) is 17.0 Å². The first-order chi connectivity index (χ1) is 20.5. The molecule has 0 bridgehead atoms. The average Bonchev–Trinajstić information content (AvgIpc) is 3.00. The zero-order valence-electron chi connectivity index (χ0n) is 25.9. The van der Waals surface area contributed by atoms with Crippen LogP contribution in [0.15, 0.2) is 77.7 Å². The summed E-state index contributed by atoms with van der Waals surface area (Å²) >= 11 is 0. The van der Waals surface area contributed by atoms with Crippen LogP contribution < -0.4 is 19.1 Å². The van der Waals surface area contributed by atoms with E-state index in [1.54, 1.807) is 55.6 Å². The maximum atomic E-state index is 14.2. The maximum absolute atomic E-state index is 14.2. The lowest BCUT2D eigenvalue weighted by Gasteiger charge is -2.33. The van der Waals surface area contributed by atoms with Gasteiger partial charge in [0.05, 0.1) is 24.3 Å². The molecule has 0 radical (unpaired) electrons. The molecule has 0 aliphatic rings. The molecule has 0 spiro atoms. The van der Waals surface area contributed by atoms with Crippen molar-refractivity contribution in [2.24, 2.45) is 0 Å². The van der Waals surface area contributed by atoms with Gasteiger partial charge in [-0.3, -0.25) is 13.9 Å². The largest absolute Gasteiger partial charge is 0.497 e. The predicted molar refractivity (Wildman–Crippen MR) is 169 cm³/mol. The summed E-state index contributed by atoms with van der Waals surface area (Å²) in [6.45, 7) is 9.47. The molecule has 0 heterocycles. The first kappa shape index (κ1) is 33.5. The second kappa shape index (κ2) is 15.4. The number of aryl methyl sites for hydroxylation is 1. The summed E-state index contributed by atoms with van der Waals surface area (Å²) < 4.78 is 40.1. The molecule has 2 atom stereocenters. The van der Waals surface area contributed by atoms with Crippen LogP contribution >= 0.6 is 0 Å². The molecule has 0 saturated heterocycles. The van der Waals surface area contributed by atoms with Crippen LogP contribution in [0.5, 0.6) is 11.5 Å². The fourth-order valence-electron chi connectivity index (χ4n) is 4.57. The van der Waals surface area contributed by atoms with Crippen molar-refractivity contribution in [3.63, 3.8) is 0 Å². The second-order valence-electron chi connectivity index (χ2n) is 10.4. The summed E-state index contributed by atoms with van der Waals surface area (Å²) in [4.78, 5) is 29.2. The minimum Gasteiger partial charge on any atom is -0.497 e. The van der Waals surface area contributed by atoms with Gasteiger partial charge in [-0.25, -0.2) is 8.42 Å². The van der Waals surface area contributed by atoms with Gasteiger partial charge in [-0.1, -0.05) is 43.7 Å². The fourth-order valence-corrected chi connectivity index (χ4v) is 5.98. The lowest BCUT2D eigenvalue weighted by molar-refractivity contribution is -0.140. The molecule has 3 aromatic rings. The molecule has 9 nitrogen and oxygen atoms in total. The Morgan fingerprint density at radius 1 is 0.907 bits per heavy atom. The van der Waals surface area contributed by atoms with Crippen LogP contribution in [0.2, 0.25) is 0 Å². The van der Waals surface area contributed by atoms with Crippen molar-refractivity contribution in [3.05, 3.63) is 83.9 Å². The third kappa shape index (κ3) is 8.73. The van der Waals surface area contributed by atoms with Crippen molar-refractivity contribution < 1.29 is 27.5 Å². The first-order valence-electron chi connectivity index (χ1n) is 14.6. The van der Waals surface area contributed by atoms with Crippen LogP contribution in [0.1, 0.15) is 51.7 Å². The molecular weight excluding hydrogens is 566 g/mol. The maximum Gasteiger partial charge on any atom is 0.264 e. The number of sulfonamides is 1. The lowest BCUT2D eigenvalue weighted by atomic mass is 10.1. The third-order valence-electron chi connectivity index (χ3n) is 7.20. The Balaban J connectivity index is 2.07. The average molecular weight is 610 g/mol. The van der Waals surface area contributed by atoms with Gasteiger partial charge < -0.3 is 19.7 Å². The number of carbonyl (C=O) groups is 2. The van der Waals surface area contributed by atoms with Crippen LogP contribution in [-0.2, 0) is 26.2 Å². The van der Waals surface area contributed by atoms with E-state index >= 15 is 0 Å². The topological polar surface area (TPSA) is 105 Å². The minimum atomic E-state index is -4.16. The molecule has 0 aliphatic carbocycles. The summed E-state index contributed by atoms with van der Waals surface area (Å²) in [5, 5.41) is 2.99. The third-order valence-corrected chi connectivity index (χ3v) is 8.99. The molecule has 0 saturated carbocycles. The van der Waals surface area contributed by atoms with Crippen molar-refractivity contribution in [1.29, 1.82) is 0 Å². The molecule has 232 valence electrons. The highest BCUT2D eigenvalue weighted by Gasteiger charge is 2.34. The van der Waals surface area contributed by atoms with E-state index in [0.29, 0.717) is 30.2 Å². The molecule has 2 unspecified atom stereocenters. The van der Waals surface area contributed by atoms with Crippen LogP contribution in [0.4, 0.5) is 5.69 Å². The summed E-state index contributed by atoms with van der Waals surface area (Å²) in [7, 11) is -2.60. The Bertz CT molecular complexity index is 1460. The summed E-state index contributed by atoms with van der Waals surface area (Å²) in [5.74, 6) is 0.387. The van der Waals surface area contributed by atoms with Crippen molar-refractivity contribution in [2.75, 3.05) is 24.6 Å². The van der Waals surface area contributed by atoms with Crippen LogP contribution in [0.3, 0.4) is 0 Å². The monoisotopic (exact) mass is 609 g/mol. The highest BCUT2D eigenvalue weighted by Crippen LogP contribution is 2.27. The quantitative estimate of drug-likeness (QED) is 0.250. The van der Waals surface area contributed by atoms with E-state index in [2.05, 4.69) is 5.32 Å². The number of ether oxygens (including phenoxy) is 2. The minimum absolute atomic E-state index is 0.0562. The van der Waals surface area contributed by atoms with Crippen molar-refractivity contribution >= 4 is 27.5 Å². The van der Waals surface area contributed by atoms with Gasteiger partial charge in [-0.15, -0.1) is 0 Å². The molecule has 0 aromatic heterocycles. The van der Waals surface area contributed by atoms with Gasteiger partial charge in [0.25, 0.3) is 10.0 Å². The summed E-state index contributed by atoms with van der Waals surface area (Å²) in [6, 6.07) is 19.4. The molecule has 10 heteroatoms. The highest BCUT2D eigenvalue weighted by molar-refractivity contribution is 7.92. The number of hydrogen-bond donors (Lipinski definition) is 1. The van der Waals surface area contributed by atoms with Crippen LogP contribution in [-0.4, -0.2) is 57.5 Å². The molecule has 0 fully saturated rings. The molecule has 43 heavy (non-hydrogen) atoms. The number of nitrogens with zero attached hydrogens (tertiary/aromatic N) is 2. The van der Waals surface area contributed by atoms with Gasteiger partial charge >= 0.3 is 0 Å². The summed E-state index contributed by atoms with van der Waals surface area (Å²) in [6.07, 6.45) is 1.07. The van der Waals surface area contributed by atoms with E-state index in [-0.39, 0.29) is 23.4 Å². The van der Waals surface area contributed by atoms with Gasteiger partial charge in [0.1, 0.15) is 24.1 Å². The number of rotatable bonds is 15. The van der Waals surface area contributed by atoms with E-state index in [4.69, 9.17) is 9.47 Å². The fraction of sp³-hybridized carbons (Fsp3) is 0.394. The molecule has 1 N–H and O–H groups in total. The van der Waals surface area contributed by atoms with E-state index in [9.17, 15) is 18.0 Å². The number of nitrogens with one attached hydrogen (secondary N) is 1. The molecule has 3 aromatic carbocycles. The zero-order chi connectivity index (χ0) is 31.6. The molecule has 2 amide bonds. The Kier molecular flexibility index (Phi) is 12.0.